The summed E-state index contributed by atoms with van der Waals surface area (Å²) in [7, 11) is 0. The van der Waals surface area contributed by atoms with E-state index >= 15 is 0 Å². The van der Waals surface area contributed by atoms with Crippen molar-refractivity contribution in [1.82, 2.24) is 10.3 Å². The summed E-state index contributed by atoms with van der Waals surface area (Å²) in [4.78, 5) is 17.1. The molecule has 1 aromatic heterocycles. The summed E-state index contributed by atoms with van der Waals surface area (Å²) >= 11 is 1.23. The monoisotopic (exact) mass is 289 g/mol. The van der Waals surface area contributed by atoms with Gasteiger partial charge < -0.3 is 11.1 Å². The fraction of sp³-hybridized carbons (Fsp3) is 0.333. The van der Waals surface area contributed by atoms with E-state index < -0.39 is 0 Å². The predicted octanol–water partition coefficient (Wildman–Crippen LogP) is 3.16. The standard InChI is InChI=1S/C15H19N3OS/c1-9(2)12(11-7-5-4-6-8-11)18-14(19)13-10(3)17-15(16)20-13/h4-9,12H,1-3H3,(H2,16,17)(H,18,19). The zero-order valence-electron chi connectivity index (χ0n) is 11.9. The molecule has 1 atom stereocenters. The lowest BCUT2D eigenvalue weighted by Gasteiger charge is -2.22. The van der Waals surface area contributed by atoms with Crippen molar-refractivity contribution in [2.45, 2.75) is 26.8 Å². The molecule has 1 heterocycles. The number of nitrogens with two attached hydrogens (primary N) is 1. The molecule has 2 rings (SSSR count). The second-order valence-corrected chi connectivity index (χ2v) is 6.10. The number of rotatable bonds is 4. The third kappa shape index (κ3) is 3.17. The molecule has 3 N–H and O–H groups in total. The van der Waals surface area contributed by atoms with Gasteiger partial charge in [0, 0.05) is 0 Å². The van der Waals surface area contributed by atoms with Crippen molar-refractivity contribution in [3.05, 3.63) is 46.5 Å². The number of aryl methyl sites for hydroxylation is 1. The first kappa shape index (κ1) is 14.5. The minimum Gasteiger partial charge on any atom is -0.375 e. The van der Waals surface area contributed by atoms with E-state index in [0.29, 0.717) is 21.6 Å². The van der Waals surface area contributed by atoms with Gasteiger partial charge in [-0.2, -0.15) is 0 Å². The zero-order chi connectivity index (χ0) is 14.7. The van der Waals surface area contributed by atoms with Crippen molar-refractivity contribution in [3.8, 4) is 0 Å². The molecule has 2 aromatic rings. The Morgan fingerprint density at radius 2 is 1.95 bits per heavy atom. The average molecular weight is 289 g/mol. The largest absolute Gasteiger partial charge is 0.375 e. The van der Waals surface area contributed by atoms with Crippen LogP contribution in [0.3, 0.4) is 0 Å². The van der Waals surface area contributed by atoms with Gasteiger partial charge >= 0.3 is 0 Å². The van der Waals surface area contributed by atoms with E-state index in [4.69, 9.17) is 5.73 Å². The number of carbonyl (C=O) groups excluding carboxylic acids is 1. The first-order valence-corrected chi connectivity index (χ1v) is 7.39. The van der Waals surface area contributed by atoms with Gasteiger partial charge in [0.05, 0.1) is 11.7 Å². The van der Waals surface area contributed by atoms with Crippen LogP contribution in [0.1, 0.15) is 40.8 Å². The highest BCUT2D eigenvalue weighted by molar-refractivity contribution is 7.17. The quantitative estimate of drug-likeness (QED) is 0.908. The first-order valence-electron chi connectivity index (χ1n) is 6.57. The fourth-order valence-electron chi connectivity index (χ4n) is 2.13. The molecule has 0 fully saturated rings. The number of nitrogens with one attached hydrogen (secondary N) is 1. The van der Waals surface area contributed by atoms with Crippen LogP contribution in [0, 0.1) is 12.8 Å². The maximum atomic E-state index is 12.4. The van der Waals surface area contributed by atoms with Crippen LogP contribution in [-0.2, 0) is 0 Å². The highest BCUT2D eigenvalue weighted by atomic mass is 32.1. The molecule has 1 unspecified atom stereocenters. The van der Waals surface area contributed by atoms with Gasteiger partial charge in [-0.3, -0.25) is 4.79 Å². The van der Waals surface area contributed by atoms with Gasteiger partial charge in [0.15, 0.2) is 5.13 Å². The van der Waals surface area contributed by atoms with Crippen LogP contribution in [0.2, 0.25) is 0 Å². The molecule has 106 valence electrons. The molecule has 0 aliphatic carbocycles. The number of thiazole rings is 1. The van der Waals surface area contributed by atoms with Crippen molar-refractivity contribution >= 4 is 22.4 Å². The van der Waals surface area contributed by atoms with Gasteiger partial charge in [0.2, 0.25) is 0 Å². The van der Waals surface area contributed by atoms with E-state index in [1.165, 1.54) is 11.3 Å². The maximum absolute atomic E-state index is 12.4. The van der Waals surface area contributed by atoms with Crippen molar-refractivity contribution in [1.29, 1.82) is 0 Å². The summed E-state index contributed by atoms with van der Waals surface area (Å²) < 4.78 is 0. The van der Waals surface area contributed by atoms with Crippen LogP contribution in [-0.4, -0.2) is 10.9 Å². The molecular weight excluding hydrogens is 270 g/mol. The highest BCUT2D eigenvalue weighted by Crippen LogP contribution is 2.24. The minimum absolute atomic E-state index is 0.0218. The Hall–Kier alpha value is -1.88. The zero-order valence-corrected chi connectivity index (χ0v) is 12.7. The number of hydrogen-bond donors (Lipinski definition) is 2. The van der Waals surface area contributed by atoms with Crippen molar-refractivity contribution in [3.63, 3.8) is 0 Å². The molecule has 0 radical (unpaired) electrons. The van der Waals surface area contributed by atoms with Gasteiger partial charge in [-0.25, -0.2) is 4.98 Å². The van der Waals surface area contributed by atoms with Crippen LogP contribution in [0.5, 0.6) is 0 Å². The number of nitrogen functional groups attached to an aromatic ring is 1. The predicted molar refractivity (Wildman–Crippen MR) is 82.8 cm³/mol. The third-order valence-corrected chi connectivity index (χ3v) is 4.12. The Balaban J connectivity index is 2.21. The van der Waals surface area contributed by atoms with Gasteiger partial charge in [-0.15, -0.1) is 0 Å². The lowest BCUT2D eigenvalue weighted by molar-refractivity contribution is 0.0929. The lowest BCUT2D eigenvalue weighted by Crippen LogP contribution is -2.31. The number of aromatic nitrogens is 1. The number of amides is 1. The van der Waals surface area contributed by atoms with E-state index in [-0.39, 0.29) is 11.9 Å². The van der Waals surface area contributed by atoms with Gasteiger partial charge in [-0.05, 0) is 18.4 Å². The highest BCUT2D eigenvalue weighted by Gasteiger charge is 2.21. The van der Waals surface area contributed by atoms with E-state index in [9.17, 15) is 4.79 Å². The first-order chi connectivity index (χ1) is 9.49. The molecule has 0 aliphatic rings. The SMILES string of the molecule is Cc1nc(N)sc1C(=O)NC(c1ccccc1)C(C)C. The lowest BCUT2D eigenvalue weighted by atomic mass is 9.96. The number of benzene rings is 1. The van der Waals surface area contributed by atoms with E-state index in [2.05, 4.69) is 24.1 Å². The molecule has 1 amide bonds. The molecule has 1 aromatic carbocycles. The van der Waals surface area contributed by atoms with E-state index in [0.717, 1.165) is 5.56 Å². The Labute approximate surface area is 123 Å². The molecule has 0 spiro atoms. The summed E-state index contributed by atoms with van der Waals surface area (Å²) in [6.45, 7) is 5.98. The van der Waals surface area contributed by atoms with Crippen LogP contribution in [0.25, 0.3) is 0 Å². The Kier molecular flexibility index (Phi) is 4.39. The second-order valence-electron chi connectivity index (χ2n) is 5.07. The van der Waals surface area contributed by atoms with Crippen LogP contribution in [0.15, 0.2) is 30.3 Å². The molecular formula is C15H19N3OS. The average Bonchev–Trinajstić information content (AvgIpc) is 2.75. The van der Waals surface area contributed by atoms with Crippen molar-refractivity contribution < 1.29 is 4.79 Å². The summed E-state index contributed by atoms with van der Waals surface area (Å²) in [5.74, 6) is 0.186. The summed E-state index contributed by atoms with van der Waals surface area (Å²) in [6, 6.07) is 9.96. The summed E-state index contributed by atoms with van der Waals surface area (Å²) in [5, 5.41) is 3.50. The van der Waals surface area contributed by atoms with Crippen molar-refractivity contribution in [2.75, 3.05) is 5.73 Å². The topological polar surface area (TPSA) is 68.0 Å². The van der Waals surface area contributed by atoms with Crippen LogP contribution >= 0.6 is 11.3 Å². The Morgan fingerprint density at radius 1 is 1.30 bits per heavy atom. The molecule has 5 heteroatoms. The summed E-state index contributed by atoms with van der Waals surface area (Å²) in [6.07, 6.45) is 0. The van der Waals surface area contributed by atoms with Crippen LogP contribution < -0.4 is 11.1 Å². The molecule has 0 saturated carbocycles. The normalized spacial score (nSPS) is 12.4. The molecule has 0 bridgehead atoms. The number of nitrogens with zero attached hydrogens (tertiary/aromatic N) is 1. The molecule has 0 aliphatic heterocycles. The fourth-order valence-corrected chi connectivity index (χ4v) is 2.87. The van der Waals surface area contributed by atoms with E-state index in [1.54, 1.807) is 6.92 Å². The molecule has 20 heavy (non-hydrogen) atoms. The third-order valence-electron chi connectivity index (χ3n) is 3.13. The maximum Gasteiger partial charge on any atom is 0.263 e. The van der Waals surface area contributed by atoms with Gasteiger partial charge in [-0.1, -0.05) is 55.5 Å². The van der Waals surface area contributed by atoms with Crippen LogP contribution in [0.4, 0.5) is 5.13 Å². The smallest absolute Gasteiger partial charge is 0.263 e. The number of anilines is 1. The number of hydrogen-bond acceptors (Lipinski definition) is 4. The second kappa shape index (κ2) is 6.05. The summed E-state index contributed by atoms with van der Waals surface area (Å²) in [5.41, 5.74) is 7.43. The van der Waals surface area contributed by atoms with Gasteiger partial charge in [0.25, 0.3) is 5.91 Å². The van der Waals surface area contributed by atoms with Gasteiger partial charge in [0.1, 0.15) is 4.88 Å². The van der Waals surface area contributed by atoms with E-state index in [1.807, 2.05) is 30.3 Å². The number of carbonyl (C=O) groups is 1. The van der Waals surface area contributed by atoms with Crippen molar-refractivity contribution in [2.24, 2.45) is 5.92 Å². The Bertz CT molecular complexity index is 592. The molecule has 4 nitrogen and oxygen atoms in total. The minimum atomic E-state index is -0.112. The Morgan fingerprint density at radius 3 is 2.45 bits per heavy atom. The molecule has 0 saturated heterocycles.